The standard InChI is InChI=1S/C15H32O/c1-14(2,3)11-9-7-8-10-12-16-13-15(4,5)6/h7-13H2,1-6H3. The van der Waals surface area contributed by atoms with Crippen LogP contribution in [0.4, 0.5) is 0 Å². The van der Waals surface area contributed by atoms with Crippen LogP contribution in [0.15, 0.2) is 0 Å². The van der Waals surface area contributed by atoms with Crippen LogP contribution in [0.5, 0.6) is 0 Å². The van der Waals surface area contributed by atoms with Gasteiger partial charge in [0.1, 0.15) is 0 Å². The number of rotatable bonds is 7. The second-order valence-electron chi connectivity index (χ2n) is 7.34. The Morgan fingerprint density at radius 3 is 1.75 bits per heavy atom. The van der Waals surface area contributed by atoms with E-state index < -0.39 is 0 Å². The monoisotopic (exact) mass is 228 g/mol. The smallest absolute Gasteiger partial charge is 0.0514 e. The molecule has 0 amide bonds. The number of hydrogen-bond donors (Lipinski definition) is 0. The van der Waals surface area contributed by atoms with Crippen molar-refractivity contribution in [3.05, 3.63) is 0 Å². The Hall–Kier alpha value is -0.0400. The maximum Gasteiger partial charge on any atom is 0.0514 e. The molecule has 0 aliphatic heterocycles. The average molecular weight is 228 g/mol. The molecule has 98 valence electrons. The van der Waals surface area contributed by atoms with Crippen LogP contribution in [-0.4, -0.2) is 13.2 Å². The largest absolute Gasteiger partial charge is 0.381 e. The normalized spacial score (nSPS) is 13.1. The van der Waals surface area contributed by atoms with Crippen molar-refractivity contribution in [1.29, 1.82) is 0 Å². The molecule has 0 rings (SSSR count). The van der Waals surface area contributed by atoms with Gasteiger partial charge in [-0.3, -0.25) is 0 Å². The summed E-state index contributed by atoms with van der Waals surface area (Å²) in [5.74, 6) is 0. The van der Waals surface area contributed by atoms with E-state index in [9.17, 15) is 0 Å². The highest BCUT2D eigenvalue weighted by Gasteiger charge is 2.10. The molecular formula is C15H32O. The maximum absolute atomic E-state index is 5.65. The van der Waals surface area contributed by atoms with Crippen molar-refractivity contribution in [3.63, 3.8) is 0 Å². The van der Waals surface area contributed by atoms with E-state index in [4.69, 9.17) is 4.74 Å². The molecule has 0 saturated carbocycles. The number of ether oxygens (including phenoxy) is 1. The van der Waals surface area contributed by atoms with Gasteiger partial charge in [-0.15, -0.1) is 0 Å². The summed E-state index contributed by atoms with van der Waals surface area (Å²) in [7, 11) is 0. The highest BCUT2D eigenvalue weighted by atomic mass is 16.5. The Kier molecular flexibility index (Phi) is 7.30. The van der Waals surface area contributed by atoms with Crippen molar-refractivity contribution >= 4 is 0 Å². The summed E-state index contributed by atoms with van der Waals surface area (Å²) in [6.45, 7) is 15.4. The Bertz CT molecular complexity index is 139. The lowest BCUT2D eigenvalue weighted by Gasteiger charge is -2.18. The molecule has 1 nitrogen and oxygen atoms in total. The molecule has 0 aromatic rings. The zero-order valence-corrected chi connectivity index (χ0v) is 12.4. The van der Waals surface area contributed by atoms with E-state index in [-0.39, 0.29) is 0 Å². The fourth-order valence-corrected chi connectivity index (χ4v) is 1.59. The predicted molar refractivity (Wildman–Crippen MR) is 72.8 cm³/mol. The lowest BCUT2D eigenvalue weighted by atomic mass is 9.89. The third kappa shape index (κ3) is 14.0. The fourth-order valence-electron chi connectivity index (χ4n) is 1.59. The molecule has 0 N–H and O–H groups in total. The van der Waals surface area contributed by atoms with Crippen molar-refractivity contribution < 1.29 is 4.74 Å². The predicted octanol–water partition coefficient (Wildman–Crippen LogP) is 5.05. The molecule has 1 heteroatoms. The molecule has 0 aromatic heterocycles. The molecule has 0 radical (unpaired) electrons. The molecule has 0 spiro atoms. The van der Waals surface area contributed by atoms with Gasteiger partial charge in [0.15, 0.2) is 0 Å². The lowest BCUT2D eigenvalue weighted by molar-refractivity contribution is 0.0685. The highest BCUT2D eigenvalue weighted by Crippen LogP contribution is 2.22. The molecule has 0 aromatic carbocycles. The molecule has 0 aliphatic rings. The van der Waals surface area contributed by atoms with Crippen molar-refractivity contribution in [2.45, 2.75) is 73.6 Å². The topological polar surface area (TPSA) is 9.23 Å². The summed E-state index contributed by atoms with van der Waals surface area (Å²) in [6, 6.07) is 0. The quantitative estimate of drug-likeness (QED) is 0.554. The van der Waals surface area contributed by atoms with Gasteiger partial charge in [-0.2, -0.15) is 0 Å². The van der Waals surface area contributed by atoms with Gasteiger partial charge in [-0.25, -0.2) is 0 Å². The Balaban J connectivity index is 3.17. The van der Waals surface area contributed by atoms with E-state index in [1.807, 2.05) is 0 Å². The van der Waals surface area contributed by atoms with Crippen LogP contribution < -0.4 is 0 Å². The van der Waals surface area contributed by atoms with Gasteiger partial charge < -0.3 is 4.74 Å². The third-order valence-electron chi connectivity index (χ3n) is 2.50. The maximum atomic E-state index is 5.65. The summed E-state index contributed by atoms with van der Waals surface area (Å²) in [4.78, 5) is 0. The van der Waals surface area contributed by atoms with Crippen molar-refractivity contribution in [2.75, 3.05) is 13.2 Å². The minimum absolute atomic E-state index is 0.312. The Morgan fingerprint density at radius 1 is 0.688 bits per heavy atom. The molecule has 16 heavy (non-hydrogen) atoms. The van der Waals surface area contributed by atoms with Crippen molar-refractivity contribution in [2.24, 2.45) is 10.8 Å². The van der Waals surface area contributed by atoms with E-state index in [1.54, 1.807) is 0 Å². The molecular weight excluding hydrogens is 196 g/mol. The summed E-state index contributed by atoms with van der Waals surface area (Å²) in [5.41, 5.74) is 0.814. The SMILES string of the molecule is CC(C)(C)CCCCCCOCC(C)(C)C. The second kappa shape index (κ2) is 7.32. The summed E-state index contributed by atoms with van der Waals surface area (Å²) in [6.07, 6.45) is 6.61. The van der Waals surface area contributed by atoms with Gasteiger partial charge >= 0.3 is 0 Å². The first-order chi connectivity index (χ1) is 7.21. The minimum atomic E-state index is 0.312. The minimum Gasteiger partial charge on any atom is -0.381 e. The molecule has 0 aliphatic carbocycles. The Morgan fingerprint density at radius 2 is 1.25 bits per heavy atom. The van der Waals surface area contributed by atoms with Crippen molar-refractivity contribution in [3.8, 4) is 0 Å². The molecule has 0 heterocycles. The molecule has 0 saturated heterocycles. The molecule has 0 unspecified atom stereocenters. The van der Waals surface area contributed by atoms with Gasteiger partial charge in [0, 0.05) is 6.61 Å². The first kappa shape index (κ1) is 16.0. The van der Waals surface area contributed by atoms with E-state index in [2.05, 4.69) is 41.5 Å². The van der Waals surface area contributed by atoms with E-state index in [0.717, 1.165) is 13.2 Å². The zero-order valence-electron chi connectivity index (χ0n) is 12.4. The van der Waals surface area contributed by atoms with Crippen LogP contribution in [0.3, 0.4) is 0 Å². The van der Waals surface area contributed by atoms with Crippen LogP contribution in [0, 0.1) is 10.8 Å². The summed E-state index contributed by atoms with van der Waals surface area (Å²) < 4.78 is 5.65. The third-order valence-corrected chi connectivity index (χ3v) is 2.50. The highest BCUT2D eigenvalue weighted by molar-refractivity contribution is 4.61. The van der Waals surface area contributed by atoms with Gasteiger partial charge in [-0.1, -0.05) is 60.8 Å². The summed E-state index contributed by atoms with van der Waals surface area (Å²) >= 11 is 0. The van der Waals surface area contributed by atoms with Crippen LogP contribution in [-0.2, 0) is 4.74 Å². The number of unbranched alkanes of at least 4 members (excludes halogenated alkanes) is 3. The van der Waals surface area contributed by atoms with E-state index in [1.165, 1.54) is 32.1 Å². The van der Waals surface area contributed by atoms with Crippen LogP contribution in [0.1, 0.15) is 73.6 Å². The first-order valence-electron chi connectivity index (χ1n) is 6.78. The first-order valence-corrected chi connectivity index (χ1v) is 6.78. The van der Waals surface area contributed by atoms with Gasteiger partial charge in [0.05, 0.1) is 6.61 Å². The van der Waals surface area contributed by atoms with Crippen LogP contribution in [0.25, 0.3) is 0 Å². The van der Waals surface area contributed by atoms with Crippen LogP contribution >= 0.6 is 0 Å². The zero-order chi connectivity index (χ0) is 12.7. The van der Waals surface area contributed by atoms with Gasteiger partial charge in [0.2, 0.25) is 0 Å². The Labute approximate surface area is 103 Å². The van der Waals surface area contributed by atoms with Crippen LogP contribution in [0.2, 0.25) is 0 Å². The molecule has 0 fully saturated rings. The van der Waals surface area contributed by atoms with Gasteiger partial charge in [-0.05, 0) is 23.7 Å². The lowest BCUT2D eigenvalue weighted by Crippen LogP contribution is -2.15. The number of hydrogen-bond acceptors (Lipinski definition) is 1. The summed E-state index contributed by atoms with van der Waals surface area (Å²) in [5, 5.41) is 0. The molecule has 0 bridgehead atoms. The average Bonchev–Trinajstić information content (AvgIpc) is 2.06. The van der Waals surface area contributed by atoms with Crippen molar-refractivity contribution in [1.82, 2.24) is 0 Å². The van der Waals surface area contributed by atoms with E-state index >= 15 is 0 Å². The second-order valence-corrected chi connectivity index (χ2v) is 7.34. The fraction of sp³-hybridized carbons (Fsp3) is 1.00. The molecule has 0 atom stereocenters. The van der Waals surface area contributed by atoms with E-state index in [0.29, 0.717) is 10.8 Å². The van der Waals surface area contributed by atoms with Gasteiger partial charge in [0.25, 0.3) is 0 Å².